The Labute approximate surface area is 248 Å². The van der Waals surface area contributed by atoms with E-state index in [1.54, 1.807) is 30.7 Å². The molecule has 4 aromatic rings. The predicted octanol–water partition coefficient (Wildman–Crippen LogP) is 4.62. The normalized spacial score (nSPS) is 23.4. The lowest BCUT2D eigenvalue weighted by atomic mass is 9.76. The van der Waals surface area contributed by atoms with E-state index in [0.717, 1.165) is 5.56 Å². The molecule has 4 heterocycles. The van der Waals surface area contributed by atoms with Gasteiger partial charge in [-0.2, -0.15) is 9.61 Å². The summed E-state index contributed by atoms with van der Waals surface area (Å²) in [6.07, 6.45) is 8.49. The molecule has 228 valence electrons. The van der Waals surface area contributed by atoms with Crippen LogP contribution in [-0.2, 0) is 14.6 Å². The molecule has 13 heteroatoms. The van der Waals surface area contributed by atoms with Crippen LogP contribution < -0.4 is 15.8 Å². The minimum absolute atomic E-state index is 0.00620. The van der Waals surface area contributed by atoms with Gasteiger partial charge >= 0.3 is 0 Å². The number of nitrogens with two attached hydrogens (primary N) is 1. The number of aromatic nitrogens is 4. The molecule has 1 aromatic carbocycles. The van der Waals surface area contributed by atoms with Gasteiger partial charge in [-0.25, -0.2) is 22.2 Å². The van der Waals surface area contributed by atoms with Crippen LogP contribution in [0.2, 0.25) is 0 Å². The van der Waals surface area contributed by atoms with Crippen LogP contribution in [0.25, 0.3) is 16.8 Å². The summed E-state index contributed by atoms with van der Waals surface area (Å²) in [5, 5.41) is 7.20. The van der Waals surface area contributed by atoms with Gasteiger partial charge in [0.25, 0.3) is 0 Å². The zero-order valence-electron chi connectivity index (χ0n) is 23.9. The molecule has 0 radical (unpaired) electrons. The number of rotatable bonds is 7. The summed E-state index contributed by atoms with van der Waals surface area (Å²) in [6, 6.07) is 6.97. The number of fused-ring (bicyclic) bond motifs is 1. The lowest BCUT2D eigenvalue weighted by molar-refractivity contribution is 0.0253. The summed E-state index contributed by atoms with van der Waals surface area (Å²) in [5.41, 5.74) is 8.40. The highest BCUT2D eigenvalue weighted by atomic mass is 32.2. The van der Waals surface area contributed by atoms with E-state index in [2.05, 4.69) is 20.4 Å². The first-order chi connectivity index (χ1) is 20.6. The molecule has 2 aliphatic rings. The maximum Gasteiger partial charge on any atom is 0.229 e. The second-order valence-electron chi connectivity index (χ2n) is 11.5. The zero-order valence-corrected chi connectivity index (χ0v) is 24.7. The summed E-state index contributed by atoms with van der Waals surface area (Å²) in [5.74, 6) is -1.25. The van der Waals surface area contributed by atoms with Gasteiger partial charge in [-0.1, -0.05) is 6.92 Å². The minimum Gasteiger partial charge on any atom is -0.490 e. The molecule has 1 saturated carbocycles. The topological polar surface area (TPSA) is 134 Å². The third-order valence-electron chi connectivity index (χ3n) is 8.36. The highest BCUT2D eigenvalue weighted by molar-refractivity contribution is 7.91. The lowest BCUT2D eigenvalue weighted by Gasteiger charge is -2.38. The Morgan fingerprint density at radius 2 is 1.84 bits per heavy atom. The second-order valence-corrected chi connectivity index (χ2v) is 13.7. The fraction of sp³-hybridized carbons (Fsp3) is 0.433. The number of benzene rings is 1. The molecule has 43 heavy (non-hydrogen) atoms. The Morgan fingerprint density at radius 3 is 2.53 bits per heavy atom. The molecule has 2 fully saturated rings. The molecule has 3 N–H and O–H groups in total. The van der Waals surface area contributed by atoms with E-state index < -0.39 is 32.8 Å². The standard InChI is InChI=1S/C30H34F2N6O4S/c1-17-11-18(12-25(33)29(17)43(2,39)40)22-5-8-34-16-27(22)36-30-35-15-19-3-4-26(37-38(19)30)28-23(31)13-21(14-24(28)32)42-20-6-9-41-10-7-20/h3-5,8,13-18,20,25,29H,6-7,9-12,33H2,1-2H3,(H,35,36). The van der Waals surface area contributed by atoms with Crippen molar-refractivity contribution in [1.82, 2.24) is 19.6 Å². The van der Waals surface area contributed by atoms with Crippen LogP contribution in [0.3, 0.4) is 0 Å². The van der Waals surface area contributed by atoms with Crippen LogP contribution in [-0.4, -0.2) is 64.9 Å². The van der Waals surface area contributed by atoms with Gasteiger partial charge in [-0.3, -0.25) is 4.98 Å². The molecule has 6 rings (SSSR count). The Bertz CT molecular complexity index is 1710. The van der Waals surface area contributed by atoms with Gasteiger partial charge in [-0.15, -0.1) is 0 Å². The Morgan fingerprint density at radius 1 is 1.09 bits per heavy atom. The molecular weight excluding hydrogens is 578 g/mol. The van der Waals surface area contributed by atoms with Crippen LogP contribution >= 0.6 is 0 Å². The number of nitrogens with zero attached hydrogens (tertiary/aromatic N) is 4. The van der Waals surface area contributed by atoms with Crippen molar-refractivity contribution < 1.29 is 26.7 Å². The first-order valence-electron chi connectivity index (χ1n) is 14.3. The smallest absolute Gasteiger partial charge is 0.229 e. The number of hydrogen-bond donors (Lipinski definition) is 2. The molecule has 0 amide bonds. The van der Waals surface area contributed by atoms with Crippen molar-refractivity contribution in [3.05, 3.63) is 66.1 Å². The zero-order chi connectivity index (χ0) is 30.3. The second kappa shape index (κ2) is 11.8. The predicted molar refractivity (Wildman–Crippen MR) is 158 cm³/mol. The van der Waals surface area contributed by atoms with Crippen LogP contribution in [0, 0.1) is 17.6 Å². The largest absolute Gasteiger partial charge is 0.490 e. The SMILES string of the molecule is CC1CC(c2ccncc2Nc2ncc3ccc(-c4c(F)cc(OC5CCOCC5)cc4F)nn23)CC(N)C1S(C)(=O)=O. The average Bonchev–Trinajstić information content (AvgIpc) is 3.34. The Balaban J connectivity index is 1.27. The van der Waals surface area contributed by atoms with E-state index in [9.17, 15) is 8.42 Å². The quantitative estimate of drug-likeness (QED) is 0.307. The third kappa shape index (κ3) is 6.06. The van der Waals surface area contributed by atoms with Gasteiger partial charge in [0.15, 0.2) is 9.84 Å². The van der Waals surface area contributed by atoms with E-state index in [-0.39, 0.29) is 34.9 Å². The molecule has 1 aliphatic carbocycles. The fourth-order valence-corrected chi connectivity index (χ4v) is 8.20. The summed E-state index contributed by atoms with van der Waals surface area (Å²) >= 11 is 0. The maximum atomic E-state index is 15.3. The van der Waals surface area contributed by atoms with Crippen LogP contribution in [0.5, 0.6) is 5.75 Å². The summed E-state index contributed by atoms with van der Waals surface area (Å²) in [6.45, 7) is 3.02. The van der Waals surface area contributed by atoms with E-state index in [1.165, 1.54) is 22.9 Å². The van der Waals surface area contributed by atoms with Crippen molar-refractivity contribution in [2.45, 2.75) is 55.9 Å². The Kier molecular flexibility index (Phi) is 8.05. The van der Waals surface area contributed by atoms with E-state index in [1.807, 2.05) is 13.0 Å². The molecular formula is C30H34F2N6O4S. The van der Waals surface area contributed by atoms with Crippen molar-refractivity contribution in [1.29, 1.82) is 0 Å². The molecule has 4 unspecified atom stereocenters. The monoisotopic (exact) mass is 612 g/mol. The van der Waals surface area contributed by atoms with Gasteiger partial charge < -0.3 is 20.5 Å². The third-order valence-corrected chi connectivity index (χ3v) is 10.2. The van der Waals surface area contributed by atoms with Crippen LogP contribution in [0.1, 0.15) is 44.1 Å². The molecule has 4 atom stereocenters. The molecule has 1 aliphatic heterocycles. The number of imidazole rings is 1. The van der Waals surface area contributed by atoms with Crippen LogP contribution in [0.4, 0.5) is 20.4 Å². The summed E-state index contributed by atoms with van der Waals surface area (Å²) < 4.78 is 67.8. The first-order valence-corrected chi connectivity index (χ1v) is 16.3. The maximum absolute atomic E-state index is 15.3. The van der Waals surface area contributed by atoms with Crippen molar-refractivity contribution in [2.24, 2.45) is 11.7 Å². The number of sulfone groups is 1. The van der Waals surface area contributed by atoms with Crippen molar-refractivity contribution in [3.63, 3.8) is 0 Å². The number of nitrogens with one attached hydrogen (secondary N) is 1. The number of hydrogen-bond acceptors (Lipinski definition) is 9. The Hall–Kier alpha value is -3.68. The molecule has 1 saturated heterocycles. The molecule has 0 bridgehead atoms. The van der Waals surface area contributed by atoms with E-state index in [4.69, 9.17) is 15.2 Å². The van der Waals surface area contributed by atoms with Gasteiger partial charge in [0.1, 0.15) is 23.5 Å². The lowest BCUT2D eigenvalue weighted by Crippen LogP contribution is -2.48. The summed E-state index contributed by atoms with van der Waals surface area (Å²) in [7, 11) is -3.29. The van der Waals surface area contributed by atoms with E-state index >= 15 is 8.78 Å². The summed E-state index contributed by atoms with van der Waals surface area (Å²) in [4.78, 5) is 8.72. The number of pyridine rings is 1. The van der Waals surface area contributed by atoms with Gasteiger partial charge in [0.2, 0.25) is 5.95 Å². The van der Waals surface area contributed by atoms with Gasteiger partial charge in [0, 0.05) is 43.5 Å². The highest BCUT2D eigenvalue weighted by Crippen LogP contribution is 2.41. The van der Waals surface area contributed by atoms with Gasteiger partial charge in [-0.05, 0) is 48.4 Å². The fourth-order valence-electron chi connectivity index (χ4n) is 6.49. The molecule has 0 spiro atoms. The number of halogens is 2. The molecule has 3 aromatic heterocycles. The minimum atomic E-state index is -3.29. The van der Waals surface area contributed by atoms with E-state index in [0.29, 0.717) is 56.0 Å². The molecule has 10 nitrogen and oxygen atoms in total. The first kappa shape index (κ1) is 29.4. The van der Waals surface area contributed by atoms with Crippen LogP contribution in [0.15, 0.2) is 48.9 Å². The number of anilines is 2. The van der Waals surface area contributed by atoms with Crippen molar-refractivity contribution in [2.75, 3.05) is 24.8 Å². The van der Waals surface area contributed by atoms with Crippen molar-refractivity contribution in [3.8, 4) is 17.0 Å². The number of ether oxygens (including phenoxy) is 2. The average molecular weight is 613 g/mol. The highest BCUT2D eigenvalue weighted by Gasteiger charge is 2.40. The van der Waals surface area contributed by atoms with Gasteiger partial charge in [0.05, 0.1) is 53.3 Å². The van der Waals surface area contributed by atoms with Crippen molar-refractivity contribution >= 4 is 27.0 Å².